The van der Waals surface area contributed by atoms with Gasteiger partial charge in [-0.3, -0.25) is 0 Å². The summed E-state index contributed by atoms with van der Waals surface area (Å²) < 4.78 is 0.817. The van der Waals surface area contributed by atoms with Gasteiger partial charge >= 0.3 is 5.97 Å². The maximum Gasteiger partial charge on any atom is 0.335 e. The molecule has 3 N–H and O–H groups in total. The van der Waals surface area contributed by atoms with Crippen molar-refractivity contribution >= 4 is 21.9 Å². The summed E-state index contributed by atoms with van der Waals surface area (Å²) in [4.78, 5) is 10.8. The molecule has 0 saturated carbocycles. The number of hydrogen-bond acceptors (Lipinski definition) is 2. The topological polar surface area (TPSA) is 63.3 Å². The van der Waals surface area contributed by atoms with Gasteiger partial charge in [0, 0.05) is 10.5 Å². The van der Waals surface area contributed by atoms with Crippen LogP contribution >= 0.6 is 15.9 Å². The van der Waals surface area contributed by atoms with Crippen LogP contribution in [0.5, 0.6) is 0 Å². The van der Waals surface area contributed by atoms with E-state index in [1.807, 2.05) is 0 Å². The fourth-order valence-electron chi connectivity index (χ4n) is 1.88. The Hall–Kier alpha value is -0.870. The highest BCUT2D eigenvalue weighted by molar-refractivity contribution is 9.10. The van der Waals surface area contributed by atoms with E-state index in [9.17, 15) is 4.79 Å². The highest BCUT2D eigenvalue weighted by Crippen LogP contribution is 2.35. The number of rotatable bonds is 1. The number of fused-ring (bicyclic) bond motifs is 1. The molecule has 3 nitrogen and oxygen atoms in total. The molecule has 0 fully saturated rings. The molecular weight excluding hydrogens is 246 g/mol. The van der Waals surface area contributed by atoms with E-state index in [-0.39, 0.29) is 6.04 Å². The van der Waals surface area contributed by atoms with E-state index in [4.69, 9.17) is 10.8 Å². The predicted octanol–water partition coefficient (Wildman–Crippen LogP) is 2.09. The van der Waals surface area contributed by atoms with Crippen LogP contribution in [0.2, 0.25) is 0 Å². The van der Waals surface area contributed by atoms with Gasteiger partial charge in [0.05, 0.1) is 5.56 Å². The predicted molar refractivity (Wildman–Crippen MR) is 56.4 cm³/mol. The summed E-state index contributed by atoms with van der Waals surface area (Å²) in [7, 11) is 0. The van der Waals surface area contributed by atoms with Crippen molar-refractivity contribution in [2.24, 2.45) is 5.73 Å². The highest BCUT2D eigenvalue weighted by atomic mass is 79.9. The molecule has 1 aliphatic rings. The van der Waals surface area contributed by atoms with Crippen molar-refractivity contribution in [3.05, 3.63) is 33.3 Å². The normalized spacial score (nSPS) is 19.4. The van der Waals surface area contributed by atoms with Gasteiger partial charge < -0.3 is 10.8 Å². The van der Waals surface area contributed by atoms with Crippen molar-refractivity contribution in [3.63, 3.8) is 0 Å². The van der Waals surface area contributed by atoms with E-state index in [2.05, 4.69) is 15.9 Å². The zero-order chi connectivity index (χ0) is 10.3. The maximum atomic E-state index is 10.8. The van der Waals surface area contributed by atoms with E-state index in [1.165, 1.54) is 0 Å². The first kappa shape index (κ1) is 9.68. The van der Waals surface area contributed by atoms with Crippen molar-refractivity contribution in [1.29, 1.82) is 0 Å². The Balaban J connectivity index is 2.57. The van der Waals surface area contributed by atoms with Gasteiger partial charge in [0.25, 0.3) is 0 Å². The van der Waals surface area contributed by atoms with E-state index in [0.29, 0.717) is 5.56 Å². The molecule has 0 saturated heterocycles. The molecule has 1 unspecified atom stereocenters. The number of carboxylic acids is 1. The fraction of sp³-hybridized carbons (Fsp3) is 0.300. The van der Waals surface area contributed by atoms with Crippen molar-refractivity contribution < 1.29 is 9.90 Å². The van der Waals surface area contributed by atoms with E-state index < -0.39 is 5.97 Å². The Labute approximate surface area is 90.0 Å². The Morgan fingerprint density at radius 1 is 1.57 bits per heavy atom. The molecule has 0 bridgehead atoms. The lowest BCUT2D eigenvalue weighted by Crippen LogP contribution is -2.07. The van der Waals surface area contributed by atoms with Crippen LogP contribution in [0.25, 0.3) is 0 Å². The molecule has 0 amide bonds. The summed E-state index contributed by atoms with van der Waals surface area (Å²) in [6.45, 7) is 0. The number of hydrogen-bond donors (Lipinski definition) is 2. The minimum Gasteiger partial charge on any atom is -0.478 e. The monoisotopic (exact) mass is 255 g/mol. The number of nitrogens with two attached hydrogens (primary N) is 1. The second kappa shape index (κ2) is 3.37. The molecule has 14 heavy (non-hydrogen) atoms. The first-order valence-electron chi connectivity index (χ1n) is 4.41. The number of benzene rings is 1. The lowest BCUT2D eigenvalue weighted by Gasteiger charge is -2.08. The van der Waals surface area contributed by atoms with Crippen LogP contribution in [0.1, 0.15) is 33.9 Å². The van der Waals surface area contributed by atoms with Gasteiger partial charge in [-0.05, 0) is 36.1 Å². The molecule has 4 heteroatoms. The van der Waals surface area contributed by atoms with E-state index >= 15 is 0 Å². The van der Waals surface area contributed by atoms with Crippen LogP contribution in [0.4, 0.5) is 0 Å². The summed E-state index contributed by atoms with van der Waals surface area (Å²) in [5.41, 5.74) is 8.34. The maximum absolute atomic E-state index is 10.8. The number of carbonyl (C=O) groups is 1. The molecule has 0 heterocycles. The van der Waals surface area contributed by atoms with Gasteiger partial charge in [-0.15, -0.1) is 0 Å². The SMILES string of the molecule is NC1CCc2cc(C(=O)O)cc(Br)c21. The third-order valence-electron chi connectivity index (χ3n) is 2.56. The highest BCUT2D eigenvalue weighted by Gasteiger charge is 2.23. The number of aromatic carboxylic acids is 1. The molecular formula is C10H10BrNO2. The van der Waals surface area contributed by atoms with Gasteiger partial charge in [-0.25, -0.2) is 4.79 Å². The van der Waals surface area contributed by atoms with Gasteiger partial charge in [-0.2, -0.15) is 0 Å². The van der Waals surface area contributed by atoms with Crippen molar-refractivity contribution in [3.8, 4) is 0 Å². The van der Waals surface area contributed by atoms with Crippen molar-refractivity contribution in [1.82, 2.24) is 0 Å². The smallest absolute Gasteiger partial charge is 0.335 e. The fourth-order valence-corrected chi connectivity index (χ4v) is 2.67. The first-order chi connectivity index (χ1) is 6.59. The largest absolute Gasteiger partial charge is 0.478 e. The zero-order valence-corrected chi connectivity index (χ0v) is 9.04. The Morgan fingerprint density at radius 2 is 2.29 bits per heavy atom. The van der Waals surface area contributed by atoms with Crippen LogP contribution in [0.15, 0.2) is 16.6 Å². The van der Waals surface area contributed by atoms with Crippen molar-refractivity contribution in [2.45, 2.75) is 18.9 Å². The van der Waals surface area contributed by atoms with Crippen LogP contribution in [-0.4, -0.2) is 11.1 Å². The molecule has 1 aliphatic carbocycles. The van der Waals surface area contributed by atoms with Crippen LogP contribution in [0.3, 0.4) is 0 Å². The molecule has 0 radical (unpaired) electrons. The van der Waals surface area contributed by atoms with Crippen LogP contribution in [-0.2, 0) is 6.42 Å². The number of aryl methyl sites for hydroxylation is 1. The Bertz CT molecular complexity index is 403. The van der Waals surface area contributed by atoms with Gasteiger partial charge in [-0.1, -0.05) is 15.9 Å². The lowest BCUT2D eigenvalue weighted by molar-refractivity contribution is 0.0696. The van der Waals surface area contributed by atoms with Gasteiger partial charge in [0.1, 0.15) is 0 Å². The molecule has 2 rings (SSSR count). The molecule has 0 aliphatic heterocycles. The average Bonchev–Trinajstić information content (AvgIpc) is 2.48. The van der Waals surface area contributed by atoms with Crippen LogP contribution < -0.4 is 5.73 Å². The third kappa shape index (κ3) is 1.44. The standard InChI is InChI=1S/C10H10BrNO2/c11-7-4-6(10(13)14)3-5-1-2-8(12)9(5)7/h3-4,8H,1-2,12H2,(H,13,14). The molecule has 0 aromatic heterocycles. The average molecular weight is 256 g/mol. The number of halogens is 1. The summed E-state index contributed by atoms with van der Waals surface area (Å²) >= 11 is 3.36. The quantitative estimate of drug-likeness (QED) is 0.808. The van der Waals surface area contributed by atoms with Gasteiger partial charge in [0.15, 0.2) is 0 Å². The molecule has 1 atom stereocenters. The number of carboxylic acid groups (broad SMARTS) is 1. The van der Waals surface area contributed by atoms with Gasteiger partial charge in [0.2, 0.25) is 0 Å². The lowest BCUT2D eigenvalue weighted by atomic mass is 10.1. The summed E-state index contributed by atoms with van der Waals surface area (Å²) in [6, 6.07) is 3.38. The Kier molecular flexibility index (Phi) is 2.33. The van der Waals surface area contributed by atoms with Crippen molar-refractivity contribution in [2.75, 3.05) is 0 Å². The summed E-state index contributed by atoms with van der Waals surface area (Å²) in [5, 5.41) is 8.85. The second-order valence-corrected chi connectivity index (χ2v) is 4.34. The molecule has 74 valence electrons. The Morgan fingerprint density at radius 3 is 2.93 bits per heavy atom. The zero-order valence-electron chi connectivity index (χ0n) is 7.46. The third-order valence-corrected chi connectivity index (χ3v) is 3.21. The van der Waals surface area contributed by atoms with E-state index in [0.717, 1.165) is 28.4 Å². The first-order valence-corrected chi connectivity index (χ1v) is 5.20. The molecule has 1 aromatic rings. The molecule has 1 aromatic carbocycles. The molecule has 0 spiro atoms. The second-order valence-electron chi connectivity index (χ2n) is 3.48. The van der Waals surface area contributed by atoms with Crippen LogP contribution in [0, 0.1) is 0 Å². The minimum atomic E-state index is -0.894. The summed E-state index contributed by atoms with van der Waals surface area (Å²) in [6.07, 6.45) is 1.77. The minimum absolute atomic E-state index is 0.0437. The summed E-state index contributed by atoms with van der Waals surface area (Å²) in [5.74, 6) is -0.894. The van der Waals surface area contributed by atoms with E-state index in [1.54, 1.807) is 12.1 Å².